The van der Waals surface area contributed by atoms with Gasteiger partial charge in [0.25, 0.3) is 0 Å². The lowest BCUT2D eigenvalue weighted by Crippen LogP contribution is -2.36. The molecule has 2 rings (SSSR count). The van der Waals surface area contributed by atoms with Crippen molar-refractivity contribution in [2.75, 3.05) is 0 Å². The van der Waals surface area contributed by atoms with E-state index in [1.807, 2.05) is 6.92 Å². The largest absolute Gasteiger partial charge is 0.495 e. The average Bonchev–Trinajstić information content (AvgIpc) is 1.97. The second-order valence-electron chi connectivity index (χ2n) is 4.51. The third kappa shape index (κ3) is 1.93. The van der Waals surface area contributed by atoms with Gasteiger partial charge in [0.1, 0.15) is 5.60 Å². The number of hydrogen-bond donors (Lipinski definition) is 0. The van der Waals surface area contributed by atoms with Crippen LogP contribution >= 0.6 is 0 Å². The van der Waals surface area contributed by atoms with E-state index >= 15 is 0 Å². The van der Waals surface area contributed by atoms with Crippen molar-refractivity contribution < 1.29 is 9.53 Å². The van der Waals surface area contributed by atoms with Crippen molar-refractivity contribution in [3.05, 3.63) is 12.3 Å². The highest BCUT2D eigenvalue weighted by Crippen LogP contribution is 2.37. The van der Waals surface area contributed by atoms with Gasteiger partial charge < -0.3 is 4.74 Å². The highest BCUT2D eigenvalue weighted by atomic mass is 16.5. The summed E-state index contributed by atoms with van der Waals surface area (Å²) in [4.78, 5) is 11.2. The van der Waals surface area contributed by atoms with E-state index in [-0.39, 0.29) is 11.4 Å². The Balaban J connectivity index is 1.94. The lowest BCUT2D eigenvalue weighted by molar-refractivity contribution is -0.122. The van der Waals surface area contributed by atoms with Crippen LogP contribution in [0.3, 0.4) is 0 Å². The molecular weight excluding hydrogens is 164 g/mol. The smallest absolute Gasteiger partial charge is 0.162 e. The topological polar surface area (TPSA) is 26.3 Å². The predicted octanol–water partition coefficient (Wildman–Crippen LogP) is 2.44. The van der Waals surface area contributed by atoms with Crippen LogP contribution in [0, 0.1) is 5.92 Å². The van der Waals surface area contributed by atoms with Gasteiger partial charge in [0.2, 0.25) is 0 Å². The molecule has 1 atom stereocenters. The van der Waals surface area contributed by atoms with Gasteiger partial charge >= 0.3 is 0 Å². The first kappa shape index (κ1) is 8.79. The fraction of sp³-hybridized carbons (Fsp3) is 0.727. The molecular formula is C11H16O2. The minimum absolute atomic E-state index is 0.202. The summed E-state index contributed by atoms with van der Waals surface area (Å²) in [7, 11) is 0. The molecule has 0 spiro atoms. The zero-order chi connectivity index (χ0) is 9.31. The Morgan fingerprint density at radius 3 is 2.92 bits per heavy atom. The Morgan fingerprint density at radius 1 is 1.62 bits per heavy atom. The van der Waals surface area contributed by atoms with E-state index in [0.717, 1.165) is 12.3 Å². The van der Waals surface area contributed by atoms with Crippen LogP contribution in [-0.4, -0.2) is 11.4 Å². The number of hydrogen-bond acceptors (Lipinski definition) is 2. The number of carbonyl (C=O) groups is 1. The summed E-state index contributed by atoms with van der Waals surface area (Å²) in [6, 6.07) is 0. The van der Waals surface area contributed by atoms with E-state index in [1.165, 1.54) is 25.3 Å². The number of allylic oxidation sites excluding steroid dienone is 1. The van der Waals surface area contributed by atoms with Gasteiger partial charge in [-0.3, -0.25) is 4.79 Å². The van der Waals surface area contributed by atoms with Crippen LogP contribution in [0.5, 0.6) is 0 Å². The first-order valence-electron chi connectivity index (χ1n) is 5.05. The Morgan fingerprint density at radius 2 is 2.38 bits per heavy atom. The minimum atomic E-state index is -0.211. The molecule has 0 radical (unpaired) electrons. The minimum Gasteiger partial charge on any atom is -0.495 e. The normalized spacial score (nSPS) is 34.1. The van der Waals surface area contributed by atoms with Crippen LogP contribution in [0.4, 0.5) is 0 Å². The van der Waals surface area contributed by atoms with Crippen molar-refractivity contribution in [1.82, 2.24) is 0 Å². The van der Waals surface area contributed by atoms with Crippen molar-refractivity contribution in [3.63, 3.8) is 0 Å². The molecule has 0 bridgehead atoms. The van der Waals surface area contributed by atoms with Crippen molar-refractivity contribution in [1.29, 1.82) is 0 Å². The SMILES string of the molecule is CC1(CC2CCC2)CC(=O)C=CO1. The van der Waals surface area contributed by atoms with Crippen LogP contribution in [-0.2, 0) is 9.53 Å². The van der Waals surface area contributed by atoms with Crippen molar-refractivity contribution >= 4 is 5.78 Å². The molecule has 2 nitrogen and oxygen atoms in total. The van der Waals surface area contributed by atoms with Crippen LogP contribution in [0.25, 0.3) is 0 Å². The lowest BCUT2D eigenvalue weighted by Gasteiger charge is -2.37. The maximum atomic E-state index is 11.2. The molecule has 2 heteroatoms. The lowest BCUT2D eigenvalue weighted by atomic mass is 9.76. The molecule has 1 saturated carbocycles. The van der Waals surface area contributed by atoms with E-state index in [2.05, 4.69) is 0 Å². The molecule has 0 aromatic heterocycles. The zero-order valence-corrected chi connectivity index (χ0v) is 8.08. The van der Waals surface area contributed by atoms with Gasteiger partial charge in [0, 0.05) is 12.5 Å². The van der Waals surface area contributed by atoms with Crippen LogP contribution in [0.15, 0.2) is 12.3 Å². The highest BCUT2D eigenvalue weighted by molar-refractivity contribution is 5.90. The number of carbonyl (C=O) groups excluding carboxylic acids is 1. The second-order valence-corrected chi connectivity index (χ2v) is 4.51. The summed E-state index contributed by atoms with van der Waals surface area (Å²) in [5.74, 6) is 0.998. The Labute approximate surface area is 79.0 Å². The summed E-state index contributed by atoms with van der Waals surface area (Å²) in [6.45, 7) is 2.05. The maximum absolute atomic E-state index is 11.2. The fourth-order valence-corrected chi connectivity index (χ4v) is 2.17. The maximum Gasteiger partial charge on any atom is 0.162 e. The Bertz CT molecular complexity index is 240. The second kappa shape index (κ2) is 3.17. The van der Waals surface area contributed by atoms with E-state index in [1.54, 1.807) is 6.26 Å². The summed E-state index contributed by atoms with van der Waals surface area (Å²) in [6.07, 6.45) is 8.67. The third-order valence-electron chi connectivity index (χ3n) is 3.10. The van der Waals surface area contributed by atoms with Crippen LogP contribution in [0.2, 0.25) is 0 Å². The standard InChI is InChI=1S/C11H16O2/c1-11(7-9-3-2-4-9)8-10(12)5-6-13-11/h5-6,9H,2-4,7-8H2,1H3. The number of ether oxygens (including phenoxy) is 1. The monoisotopic (exact) mass is 180 g/mol. The van der Waals surface area contributed by atoms with Crippen LogP contribution < -0.4 is 0 Å². The molecule has 1 heterocycles. The molecule has 72 valence electrons. The van der Waals surface area contributed by atoms with E-state index in [9.17, 15) is 4.79 Å². The molecule has 2 aliphatic rings. The third-order valence-corrected chi connectivity index (χ3v) is 3.10. The van der Waals surface area contributed by atoms with Crippen LogP contribution in [0.1, 0.15) is 39.0 Å². The quantitative estimate of drug-likeness (QED) is 0.652. The Hall–Kier alpha value is -0.790. The first-order valence-corrected chi connectivity index (χ1v) is 5.05. The average molecular weight is 180 g/mol. The van der Waals surface area contributed by atoms with E-state index < -0.39 is 0 Å². The molecule has 13 heavy (non-hydrogen) atoms. The summed E-state index contributed by atoms with van der Waals surface area (Å²) >= 11 is 0. The van der Waals surface area contributed by atoms with Gasteiger partial charge in [-0.15, -0.1) is 0 Å². The molecule has 1 aliphatic carbocycles. The van der Waals surface area contributed by atoms with E-state index in [0.29, 0.717) is 6.42 Å². The number of rotatable bonds is 2. The molecule has 1 fully saturated rings. The zero-order valence-electron chi connectivity index (χ0n) is 8.08. The molecule has 1 aliphatic heterocycles. The summed E-state index contributed by atoms with van der Waals surface area (Å²) in [5, 5.41) is 0. The molecule has 0 aromatic rings. The van der Waals surface area contributed by atoms with E-state index in [4.69, 9.17) is 4.74 Å². The summed E-state index contributed by atoms with van der Waals surface area (Å²) < 4.78 is 5.54. The first-order chi connectivity index (χ1) is 6.18. The van der Waals surface area contributed by atoms with Gasteiger partial charge in [-0.25, -0.2) is 0 Å². The van der Waals surface area contributed by atoms with Gasteiger partial charge in [0.15, 0.2) is 5.78 Å². The van der Waals surface area contributed by atoms with Crippen molar-refractivity contribution in [2.45, 2.75) is 44.6 Å². The van der Waals surface area contributed by atoms with Crippen molar-refractivity contribution in [2.24, 2.45) is 5.92 Å². The molecule has 0 saturated heterocycles. The van der Waals surface area contributed by atoms with Gasteiger partial charge in [-0.1, -0.05) is 19.3 Å². The van der Waals surface area contributed by atoms with Gasteiger partial charge in [-0.05, 0) is 19.3 Å². The molecule has 0 amide bonds. The molecule has 0 aromatic carbocycles. The van der Waals surface area contributed by atoms with Crippen molar-refractivity contribution in [3.8, 4) is 0 Å². The molecule has 1 unspecified atom stereocenters. The highest BCUT2D eigenvalue weighted by Gasteiger charge is 2.35. The van der Waals surface area contributed by atoms with Gasteiger partial charge in [0.05, 0.1) is 6.26 Å². The fourth-order valence-electron chi connectivity index (χ4n) is 2.17. The summed E-state index contributed by atoms with van der Waals surface area (Å²) in [5.41, 5.74) is -0.211. The number of ketones is 1. The Kier molecular flexibility index (Phi) is 2.14. The predicted molar refractivity (Wildman–Crippen MR) is 50.2 cm³/mol. The molecule has 0 N–H and O–H groups in total. The van der Waals surface area contributed by atoms with Gasteiger partial charge in [-0.2, -0.15) is 0 Å².